The summed E-state index contributed by atoms with van der Waals surface area (Å²) in [5.74, 6) is 1.75. The van der Waals surface area contributed by atoms with E-state index in [0.29, 0.717) is 5.56 Å². The Balaban J connectivity index is 1.35. The van der Waals surface area contributed by atoms with Gasteiger partial charge in [0.2, 0.25) is 0 Å². The van der Waals surface area contributed by atoms with Crippen molar-refractivity contribution in [3.8, 4) is 22.9 Å². The summed E-state index contributed by atoms with van der Waals surface area (Å²) in [5, 5.41) is 8.85. The van der Waals surface area contributed by atoms with Gasteiger partial charge in [-0.2, -0.15) is 5.26 Å². The number of hydrogen-bond donors (Lipinski definition) is 0. The first-order valence-corrected chi connectivity index (χ1v) is 9.16. The van der Waals surface area contributed by atoms with Crippen LogP contribution in [0.3, 0.4) is 0 Å². The van der Waals surface area contributed by atoms with Crippen molar-refractivity contribution in [3.63, 3.8) is 0 Å². The molecule has 1 saturated heterocycles. The van der Waals surface area contributed by atoms with Crippen LogP contribution in [0.1, 0.15) is 37.7 Å². The minimum atomic E-state index is 0.685. The summed E-state index contributed by atoms with van der Waals surface area (Å²) in [4.78, 5) is 0. The lowest BCUT2D eigenvalue weighted by Gasteiger charge is -2.25. The molecule has 3 nitrogen and oxygen atoms in total. The Kier molecular flexibility index (Phi) is 6.48. The van der Waals surface area contributed by atoms with E-state index in [2.05, 4.69) is 18.2 Å². The molecule has 1 aliphatic rings. The van der Waals surface area contributed by atoms with Crippen LogP contribution in [-0.2, 0) is 4.74 Å². The molecule has 0 atom stereocenters. The third kappa shape index (κ3) is 5.34. The second-order valence-electron chi connectivity index (χ2n) is 6.67. The number of rotatable bonds is 9. The van der Waals surface area contributed by atoms with E-state index in [1.807, 2.05) is 36.4 Å². The standard InChI is InChI=1S/C22H25NO2/c23-15-18-6-8-20(9-7-18)21-10-12-22(13-11-21)25-14-4-2-1-3-5-19-16-24-17-19/h6-13,19H,1-5,14,16-17H2. The van der Waals surface area contributed by atoms with Crippen LogP contribution < -0.4 is 4.74 Å². The Morgan fingerprint density at radius 1 is 0.880 bits per heavy atom. The largest absolute Gasteiger partial charge is 0.494 e. The van der Waals surface area contributed by atoms with Gasteiger partial charge in [-0.1, -0.05) is 43.5 Å². The Hall–Kier alpha value is -2.31. The zero-order valence-corrected chi connectivity index (χ0v) is 14.6. The van der Waals surface area contributed by atoms with Crippen LogP contribution >= 0.6 is 0 Å². The normalized spacial score (nSPS) is 13.9. The lowest BCUT2D eigenvalue weighted by atomic mass is 9.99. The molecule has 0 spiro atoms. The van der Waals surface area contributed by atoms with E-state index in [0.717, 1.165) is 49.0 Å². The van der Waals surface area contributed by atoms with E-state index < -0.39 is 0 Å². The molecule has 2 aromatic carbocycles. The molecule has 1 aliphatic heterocycles. The summed E-state index contributed by atoms with van der Waals surface area (Å²) in [6.07, 6.45) is 6.26. The number of ether oxygens (including phenoxy) is 2. The first-order valence-electron chi connectivity index (χ1n) is 9.16. The number of nitrogens with zero attached hydrogens (tertiary/aromatic N) is 1. The van der Waals surface area contributed by atoms with Crippen molar-refractivity contribution in [2.24, 2.45) is 5.92 Å². The van der Waals surface area contributed by atoms with E-state index in [1.165, 1.54) is 25.7 Å². The Bertz CT molecular complexity index is 681. The predicted molar refractivity (Wildman–Crippen MR) is 99.5 cm³/mol. The molecule has 1 heterocycles. The van der Waals surface area contributed by atoms with Crippen LogP contribution in [-0.4, -0.2) is 19.8 Å². The second kappa shape index (κ2) is 9.25. The van der Waals surface area contributed by atoms with Crippen LogP contribution in [0.15, 0.2) is 48.5 Å². The molecular weight excluding hydrogens is 310 g/mol. The molecule has 0 amide bonds. The fourth-order valence-electron chi connectivity index (χ4n) is 3.01. The number of nitriles is 1. The van der Waals surface area contributed by atoms with Crippen LogP contribution in [0, 0.1) is 17.2 Å². The van der Waals surface area contributed by atoms with E-state index >= 15 is 0 Å². The van der Waals surface area contributed by atoms with Gasteiger partial charge >= 0.3 is 0 Å². The van der Waals surface area contributed by atoms with Crippen LogP contribution in [0.4, 0.5) is 0 Å². The van der Waals surface area contributed by atoms with Gasteiger partial charge < -0.3 is 9.47 Å². The van der Waals surface area contributed by atoms with Gasteiger partial charge in [0.05, 0.1) is 31.5 Å². The van der Waals surface area contributed by atoms with E-state index in [4.69, 9.17) is 14.7 Å². The van der Waals surface area contributed by atoms with Gasteiger partial charge in [0.25, 0.3) is 0 Å². The lowest BCUT2D eigenvalue weighted by Crippen LogP contribution is -2.27. The van der Waals surface area contributed by atoms with E-state index in [9.17, 15) is 0 Å². The smallest absolute Gasteiger partial charge is 0.119 e. The fraction of sp³-hybridized carbons (Fsp3) is 0.409. The maximum atomic E-state index is 8.85. The van der Waals surface area contributed by atoms with Crippen molar-refractivity contribution in [2.75, 3.05) is 19.8 Å². The average molecular weight is 335 g/mol. The van der Waals surface area contributed by atoms with Crippen LogP contribution in [0.2, 0.25) is 0 Å². The van der Waals surface area contributed by atoms with Gasteiger partial charge in [0.15, 0.2) is 0 Å². The number of unbranched alkanes of at least 4 members (excludes halogenated alkanes) is 3. The SMILES string of the molecule is N#Cc1ccc(-c2ccc(OCCCCCCC3COC3)cc2)cc1. The molecule has 0 saturated carbocycles. The van der Waals surface area contributed by atoms with Gasteiger partial charge in [-0.25, -0.2) is 0 Å². The zero-order valence-electron chi connectivity index (χ0n) is 14.6. The number of benzene rings is 2. The molecule has 0 N–H and O–H groups in total. The first kappa shape index (κ1) is 17.5. The highest BCUT2D eigenvalue weighted by Gasteiger charge is 2.16. The summed E-state index contributed by atoms with van der Waals surface area (Å²) in [6, 6.07) is 18.0. The first-order chi connectivity index (χ1) is 12.3. The van der Waals surface area contributed by atoms with Crippen molar-refractivity contribution >= 4 is 0 Å². The van der Waals surface area contributed by atoms with Gasteiger partial charge in [0, 0.05) is 5.92 Å². The van der Waals surface area contributed by atoms with Gasteiger partial charge in [-0.05, 0) is 48.2 Å². The molecule has 1 fully saturated rings. The van der Waals surface area contributed by atoms with Crippen molar-refractivity contribution < 1.29 is 9.47 Å². The summed E-state index contributed by atoms with van der Waals surface area (Å²) in [7, 11) is 0. The van der Waals surface area contributed by atoms with E-state index in [-0.39, 0.29) is 0 Å². The monoisotopic (exact) mass is 335 g/mol. The Morgan fingerprint density at radius 3 is 2.12 bits per heavy atom. The van der Waals surface area contributed by atoms with Crippen LogP contribution in [0.5, 0.6) is 5.75 Å². The van der Waals surface area contributed by atoms with Crippen molar-refractivity contribution in [3.05, 3.63) is 54.1 Å². The highest BCUT2D eigenvalue weighted by molar-refractivity contribution is 5.64. The highest BCUT2D eigenvalue weighted by atomic mass is 16.5. The van der Waals surface area contributed by atoms with Crippen molar-refractivity contribution in [2.45, 2.75) is 32.1 Å². The lowest BCUT2D eigenvalue weighted by molar-refractivity contribution is -0.0364. The summed E-state index contributed by atoms with van der Waals surface area (Å²) in [5.41, 5.74) is 2.93. The van der Waals surface area contributed by atoms with Gasteiger partial charge in [-0.15, -0.1) is 0 Å². The van der Waals surface area contributed by atoms with Crippen LogP contribution in [0.25, 0.3) is 11.1 Å². The topological polar surface area (TPSA) is 42.2 Å². The van der Waals surface area contributed by atoms with E-state index in [1.54, 1.807) is 0 Å². The maximum Gasteiger partial charge on any atom is 0.119 e. The maximum absolute atomic E-state index is 8.85. The molecule has 0 aromatic heterocycles. The van der Waals surface area contributed by atoms with Crippen molar-refractivity contribution in [1.29, 1.82) is 5.26 Å². The number of hydrogen-bond acceptors (Lipinski definition) is 3. The third-order valence-electron chi connectivity index (χ3n) is 4.68. The molecule has 3 heteroatoms. The molecular formula is C22H25NO2. The molecule has 0 aliphatic carbocycles. The van der Waals surface area contributed by atoms with Crippen molar-refractivity contribution in [1.82, 2.24) is 0 Å². The molecule has 0 radical (unpaired) electrons. The average Bonchev–Trinajstić information content (AvgIpc) is 2.63. The summed E-state index contributed by atoms with van der Waals surface area (Å²) in [6.45, 7) is 2.73. The van der Waals surface area contributed by atoms with Gasteiger partial charge in [0.1, 0.15) is 5.75 Å². The molecule has 130 valence electrons. The minimum Gasteiger partial charge on any atom is -0.494 e. The fourth-order valence-corrected chi connectivity index (χ4v) is 3.01. The molecule has 25 heavy (non-hydrogen) atoms. The Morgan fingerprint density at radius 2 is 1.52 bits per heavy atom. The quantitative estimate of drug-likeness (QED) is 0.591. The summed E-state index contributed by atoms with van der Waals surface area (Å²) >= 11 is 0. The Labute approximate surface area is 150 Å². The third-order valence-corrected chi connectivity index (χ3v) is 4.68. The minimum absolute atomic E-state index is 0.685. The predicted octanol–water partition coefficient (Wildman–Crippen LogP) is 5.20. The highest BCUT2D eigenvalue weighted by Crippen LogP contribution is 2.23. The molecule has 2 aromatic rings. The second-order valence-corrected chi connectivity index (χ2v) is 6.67. The zero-order chi connectivity index (χ0) is 17.3. The molecule has 0 unspecified atom stereocenters. The van der Waals surface area contributed by atoms with Gasteiger partial charge in [-0.3, -0.25) is 0 Å². The summed E-state index contributed by atoms with van der Waals surface area (Å²) < 4.78 is 11.0. The molecule has 0 bridgehead atoms. The molecule has 3 rings (SSSR count).